The molecule has 0 saturated heterocycles. The summed E-state index contributed by atoms with van der Waals surface area (Å²) in [5.41, 5.74) is 4.94. The number of thioether (sulfide) groups is 1. The number of aromatic nitrogens is 4. The van der Waals surface area contributed by atoms with Gasteiger partial charge in [-0.3, -0.25) is 14.8 Å². The second-order valence-corrected chi connectivity index (χ2v) is 9.49. The Hall–Kier alpha value is -3.13. The summed E-state index contributed by atoms with van der Waals surface area (Å²) in [6.45, 7) is 0.344. The number of nitrogens with one attached hydrogen (secondary N) is 2. The molecule has 5 aromatic rings. The van der Waals surface area contributed by atoms with Gasteiger partial charge in [0, 0.05) is 64.7 Å². The van der Waals surface area contributed by atoms with Crippen molar-refractivity contribution in [1.29, 1.82) is 0 Å². The summed E-state index contributed by atoms with van der Waals surface area (Å²) in [7, 11) is 0. The van der Waals surface area contributed by atoms with Crippen molar-refractivity contribution in [2.45, 2.75) is 17.9 Å². The zero-order valence-electron chi connectivity index (χ0n) is 18.1. The normalized spacial score (nSPS) is 11.3. The van der Waals surface area contributed by atoms with Crippen molar-refractivity contribution in [2.24, 2.45) is 0 Å². The molecule has 4 aromatic heterocycles. The molecule has 0 aliphatic heterocycles. The molecule has 0 unspecified atom stereocenters. The molecule has 0 atom stereocenters. The van der Waals surface area contributed by atoms with Crippen molar-refractivity contribution in [3.05, 3.63) is 93.6 Å². The first-order valence-corrected chi connectivity index (χ1v) is 12.4. The van der Waals surface area contributed by atoms with Gasteiger partial charge in [0.2, 0.25) is 0 Å². The van der Waals surface area contributed by atoms with Crippen LogP contribution in [0, 0.1) is 0 Å². The first-order valence-electron chi connectivity index (χ1n) is 10.5. The van der Waals surface area contributed by atoms with Crippen molar-refractivity contribution >= 4 is 62.8 Å². The summed E-state index contributed by atoms with van der Waals surface area (Å²) in [5, 5.41) is 5.96. The second-order valence-electron chi connectivity index (χ2n) is 7.79. The van der Waals surface area contributed by atoms with Crippen molar-refractivity contribution in [3.63, 3.8) is 0 Å². The number of aromatic amines is 1. The molecule has 6 nitrogen and oxygen atoms in total. The number of H-pyrrole nitrogens is 1. The van der Waals surface area contributed by atoms with Crippen LogP contribution in [0.15, 0.2) is 66.1 Å². The zero-order valence-corrected chi connectivity index (χ0v) is 20.4. The first kappa shape index (κ1) is 22.7. The van der Waals surface area contributed by atoms with Crippen LogP contribution in [0.1, 0.15) is 27.2 Å². The number of benzene rings is 1. The summed E-state index contributed by atoms with van der Waals surface area (Å²) in [5.74, 6) is -0.178. The summed E-state index contributed by atoms with van der Waals surface area (Å²) >= 11 is 14.0. The highest BCUT2D eigenvalue weighted by Crippen LogP contribution is 2.29. The largest absolute Gasteiger partial charge is 0.348 e. The maximum absolute atomic E-state index is 12.8. The molecule has 1 aromatic carbocycles. The summed E-state index contributed by atoms with van der Waals surface area (Å²) in [4.78, 5) is 30.2. The molecule has 0 aliphatic carbocycles. The van der Waals surface area contributed by atoms with Crippen molar-refractivity contribution in [1.82, 2.24) is 25.3 Å². The molecule has 1 amide bonds. The minimum Gasteiger partial charge on any atom is -0.348 e. The maximum atomic E-state index is 12.8. The Morgan fingerprint density at radius 2 is 1.94 bits per heavy atom. The van der Waals surface area contributed by atoms with E-state index < -0.39 is 0 Å². The quantitative estimate of drug-likeness (QED) is 0.273. The highest BCUT2D eigenvalue weighted by atomic mass is 35.5. The molecule has 5 rings (SSSR count). The Balaban J connectivity index is 1.32. The predicted molar refractivity (Wildman–Crippen MR) is 138 cm³/mol. The van der Waals surface area contributed by atoms with E-state index in [4.69, 9.17) is 23.2 Å². The highest BCUT2D eigenvalue weighted by Gasteiger charge is 2.11. The molecule has 9 heteroatoms. The van der Waals surface area contributed by atoms with Gasteiger partial charge in [-0.1, -0.05) is 23.2 Å². The van der Waals surface area contributed by atoms with E-state index in [0.29, 0.717) is 28.6 Å². The highest BCUT2D eigenvalue weighted by molar-refractivity contribution is 7.98. The Bertz CT molecular complexity index is 1540. The minimum absolute atomic E-state index is 0.178. The van der Waals surface area contributed by atoms with Gasteiger partial charge >= 0.3 is 0 Å². The average Bonchev–Trinajstić information content (AvgIpc) is 3.22. The molecule has 4 heterocycles. The predicted octanol–water partition coefficient (Wildman–Crippen LogP) is 6.06. The van der Waals surface area contributed by atoms with E-state index in [2.05, 4.69) is 37.4 Å². The van der Waals surface area contributed by atoms with Crippen LogP contribution in [0.25, 0.3) is 21.9 Å². The number of carbonyl (C=O) groups excluding carboxylic acids is 1. The van der Waals surface area contributed by atoms with E-state index in [1.54, 1.807) is 42.6 Å². The van der Waals surface area contributed by atoms with Gasteiger partial charge in [0.25, 0.3) is 5.91 Å². The van der Waals surface area contributed by atoms with Gasteiger partial charge < -0.3 is 10.3 Å². The zero-order chi connectivity index (χ0) is 23.7. The number of rotatable bonds is 6. The van der Waals surface area contributed by atoms with Gasteiger partial charge in [-0.05, 0) is 53.8 Å². The number of halogens is 2. The fourth-order valence-electron chi connectivity index (χ4n) is 3.83. The smallest absolute Gasteiger partial charge is 0.251 e. The maximum Gasteiger partial charge on any atom is 0.251 e. The van der Waals surface area contributed by atoms with Crippen molar-refractivity contribution in [2.75, 3.05) is 6.26 Å². The van der Waals surface area contributed by atoms with Crippen LogP contribution >= 0.6 is 35.0 Å². The molecule has 34 heavy (non-hydrogen) atoms. The van der Waals surface area contributed by atoms with Crippen LogP contribution in [0.5, 0.6) is 0 Å². The first-order chi connectivity index (χ1) is 16.5. The number of nitrogens with zero attached hydrogens (tertiary/aromatic N) is 3. The second kappa shape index (κ2) is 9.62. The van der Waals surface area contributed by atoms with Gasteiger partial charge in [-0.2, -0.15) is 0 Å². The third-order valence-corrected chi connectivity index (χ3v) is 6.72. The van der Waals surface area contributed by atoms with Crippen molar-refractivity contribution < 1.29 is 4.79 Å². The van der Waals surface area contributed by atoms with Crippen LogP contribution in [0.4, 0.5) is 0 Å². The molecule has 0 fully saturated rings. The van der Waals surface area contributed by atoms with Crippen molar-refractivity contribution in [3.8, 4) is 0 Å². The molecule has 0 aliphatic rings. The van der Waals surface area contributed by atoms with E-state index in [1.807, 2.05) is 24.5 Å². The number of fused-ring (bicyclic) bond motifs is 2. The molecular formula is C25H19Cl2N5OS. The lowest BCUT2D eigenvalue weighted by Crippen LogP contribution is -2.23. The lowest BCUT2D eigenvalue weighted by Gasteiger charge is -2.10. The Morgan fingerprint density at radius 1 is 1.06 bits per heavy atom. The number of hydrogen-bond donors (Lipinski definition) is 2. The van der Waals surface area contributed by atoms with Gasteiger partial charge in [-0.15, -0.1) is 11.8 Å². The van der Waals surface area contributed by atoms with E-state index in [9.17, 15) is 4.79 Å². The lowest BCUT2D eigenvalue weighted by atomic mass is 10.0. The lowest BCUT2D eigenvalue weighted by molar-refractivity contribution is 0.0950. The summed E-state index contributed by atoms with van der Waals surface area (Å²) in [6.07, 6.45) is 9.35. The molecule has 0 spiro atoms. The van der Waals surface area contributed by atoms with Gasteiger partial charge in [0.05, 0.1) is 15.6 Å². The summed E-state index contributed by atoms with van der Waals surface area (Å²) < 4.78 is 0. The van der Waals surface area contributed by atoms with Gasteiger partial charge in [-0.25, -0.2) is 4.98 Å². The van der Waals surface area contributed by atoms with Gasteiger partial charge in [0.1, 0.15) is 5.65 Å². The number of pyridine rings is 3. The Kier molecular flexibility index (Phi) is 6.41. The molecule has 2 N–H and O–H groups in total. The van der Waals surface area contributed by atoms with Crippen LogP contribution in [0.2, 0.25) is 10.0 Å². The fourth-order valence-corrected chi connectivity index (χ4v) is 4.83. The molecule has 0 radical (unpaired) electrons. The Morgan fingerprint density at radius 3 is 2.79 bits per heavy atom. The van der Waals surface area contributed by atoms with E-state index in [0.717, 1.165) is 43.7 Å². The summed E-state index contributed by atoms with van der Waals surface area (Å²) in [6, 6.07) is 11.5. The standard InChI is InChI=1S/C25H19Cl2N5OS/c1-34-22-7-14(4-17-8-18(26)12-29-23(17)22)5-19-9-16(2-3-28-19)25(33)32-11-15-6-20-21(27)13-31-24(20)30-10-15/h2-4,6-10,12-13H,5,11H2,1H3,(H,30,31)(H,32,33). The van der Waals surface area contributed by atoms with Crippen LogP contribution in [-0.4, -0.2) is 32.1 Å². The van der Waals surface area contributed by atoms with E-state index in [-0.39, 0.29) is 5.91 Å². The van der Waals surface area contributed by atoms with E-state index >= 15 is 0 Å². The molecule has 0 bridgehead atoms. The topological polar surface area (TPSA) is 83.6 Å². The van der Waals surface area contributed by atoms with Crippen LogP contribution in [0.3, 0.4) is 0 Å². The number of hydrogen-bond acceptors (Lipinski definition) is 5. The number of carbonyl (C=O) groups is 1. The van der Waals surface area contributed by atoms with Crippen LogP contribution < -0.4 is 5.32 Å². The third-order valence-electron chi connectivity index (χ3n) is 5.45. The Labute approximate surface area is 210 Å². The monoisotopic (exact) mass is 507 g/mol. The average molecular weight is 508 g/mol. The SMILES string of the molecule is CSc1cc(Cc2cc(C(=O)NCc3cnc4[nH]cc(Cl)c4c3)ccn2)cc2cc(Cl)cnc12. The minimum atomic E-state index is -0.178. The molecular weight excluding hydrogens is 489 g/mol. The fraction of sp³-hybridized carbons (Fsp3) is 0.120. The number of amides is 1. The van der Waals surface area contributed by atoms with Crippen LogP contribution in [-0.2, 0) is 13.0 Å². The molecule has 0 saturated carbocycles. The van der Waals surface area contributed by atoms with Gasteiger partial charge in [0.15, 0.2) is 0 Å². The van der Waals surface area contributed by atoms with E-state index in [1.165, 1.54) is 0 Å². The molecule has 170 valence electrons. The third kappa shape index (κ3) is 4.73.